The molecule has 6 heteroatoms. The number of benzene rings is 1. The number of thioether (sulfide) groups is 1. The van der Waals surface area contributed by atoms with Gasteiger partial charge in [0.25, 0.3) is 0 Å². The third-order valence-corrected chi connectivity index (χ3v) is 6.86. The van der Waals surface area contributed by atoms with E-state index in [-0.39, 0.29) is 5.91 Å². The predicted octanol–water partition coefficient (Wildman–Crippen LogP) is 5.19. The van der Waals surface area contributed by atoms with Gasteiger partial charge in [-0.1, -0.05) is 12.1 Å². The fourth-order valence-electron chi connectivity index (χ4n) is 3.08. The maximum atomic E-state index is 11.1. The molecule has 0 spiro atoms. The van der Waals surface area contributed by atoms with Gasteiger partial charge in [0.05, 0.1) is 6.33 Å². The molecular formula is C22H27N3OS2. The quantitative estimate of drug-likeness (QED) is 0.498. The third kappa shape index (κ3) is 6.84. The van der Waals surface area contributed by atoms with Crippen molar-refractivity contribution >= 4 is 34.7 Å². The molecule has 3 rings (SSSR count). The Kier molecular flexibility index (Phi) is 7.74. The van der Waals surface area contributed by atoms with Gasteiger partial charge in [-0.15, -0.1) is 11.3 Å². The lowest BCUT2D eigenvalue weighted by atomic mass is 10.1. The first-order chi connectivity index (χ1) is 13.6. The molecule has 0 aliphatic rings. The van der Waals surface area contributed by atoms with Crippen LogP contribution in [0, 0.1) is 6.92 Å². The van der Waals surface area contributed by atoms with Gasteiger partial charge in [0.2, 0.25) is 5.91 Å². The lowest BCUT2D eigenvalue weighted by Crippen LogP contribution is -2.14. The zero-order valence-corrected chi connectivity index (χ0v) is 18.1. The van der Waals surface area contributed by atoms with E-state index in [4.69, 9.17) is 0 Å². The van der Waals surface area contributed by atoms with Crippen molar-refractivity contribution < 1.29 is 4.79 Å². The second-order valence-electron chi connectivity index (χ2n) is 6.93. The minimum atomic E-state index is -0.0356. The van der Waals surface area contributed by atoms with E-state index < -0.39 is 0 Å². The highest BCUT2D eigenvalue weighted by molar-refractivity contribution is 7.99. The number of nitrogens with one attached hydrogen (secondary N) is 1. The Morgan fingerprint density at radius 3 is 2.68 bits per heavy atom. The minimum Gasteiger partial charge on any atom is -0.336 e. The van der Waals surface area contributed by atoms with Crippen molar-refractivity contribution in [3.63, 3.8) is 0 Å². The number of carbonyl (C=O) groups excluding carboxylic acids is 1. The van der Waals surface area contributed by atoms with Crippen molar-refractivity contribution in [2.45, 2.75) is 44.9 Å². The number of imidazole rings is 1. The largest absolute Gasteiger partial charge is 0.336 e. The van der Waals surface area contributed by atoms with Crippen LogP contribution < -0.4 is 5.32 Å². The lowest BCUT2D eigenvalue weighted by Gasteiger charge is -2.17. The average Bonchev–Trinajstić information content (AvgIpc) is 3.32. The fraction of sp³-hybridized carbons (Fsp3) is 0.364. The van der Waals surface area contributed by atoms with Crippen LogP contribution in [0.3, 0.4) is 0 Å². The van der Waals surface area contributed by atoms with Gasteiger partial charge in [-0.25, -0.2) is 4.98 Å². The molecule has 0 fully saturated rings. The minimum absolute atomic E-state index is 0.0356. The summed E-state index contributed by atoms with van der Waals surface area (Å²) in [6, 6.07) is 12.6. The van der Waals surface area contributed by atoms with Gasteiger partial charge in [-0.2, -0.15) is 11.8 Å². The molecule has 1 unspecified atom stereocenters. The zero-order chi connectivity index (χ0) is 19.8. The highest BCUT2D eigenvalue weighted by Crippen LogP contribution is 2.24. The van der Waals surface area contributed by atoms with Crippen LogP contribution in [-0.2, 0) is 24.2 Å². The molecule has 2 aromatic heterocycles. The summed E-state index contributed by atoms with van der Waals surface area (Å²) in [5.41, 5.74) is 2.16. The van der Waals surface area contributed by atoms with Gasteiger partial charge in [-0.05, 0) is 61.8 Å². The van der Waals surface area contributed by atoms with Crippen molar-refractivity contribution in [1.82, 2.24) is 9.55 Å². The SMILES string of the molecule is CC(=O)Nc1ccc(CCSC(CCc2ccc(C)s2)Cn2ccnc2)cc1. The van der Waals surface area contributed by atoms with E-state index in [0.717, 1.165) is 30.8 Å². The molecule has 0 saturated carbocycles. The fourth-order valence-corrected chi connectivity index (χ4v) is 5.24. The Morgan fingerprint density at radius 2 is 2.04 bits per heavy atom. The molecule has 28 heavy (non-hydrogen) atoms. The number of carbonyl (C=O) groups is 1. The average molecular weight is 414 g/mol. The van der Waals surface area contributed by atoms with E-state index in [1.165, 1.54) is 28.7 Å². The molecule has 1 atom stereocenters. The second kappa shape index (κ2) is 10.5. The summed E-state index contributed by atoms with van der Waals surface area (Å²) in [4.78, 5) is 18.2. The van der Waals surface area contributed by atoms with Crippen LogP contribution in [-0.4, -0.2) is 26.5 Å². The van der Waals surface area contributed by atoms with E-state index in [1.807, 2.05) is 54.0 Å². The Morgan fingerprint density at radius 1 is 1.21 bits per heavy atom. The molecule has 0 aliphatic carbocycles. The molecule has 148 valence electrons. The van der Waals surface area contributed by atoms with Gasteiger partial charge in [0.15, 0.2) is 0 Å². The zero-order valence-electron chi connectivity index (χ0n) is 16.4. The highest BCUT2D eigenvalue weighted by atomic mass is 32.2. The van der Waals surface area contributed by atoms with E-state index in [1.54, 1.807) is 0 Å². The van der Waals surface area contributed by atoms with Gasteiger partial charge in [0.1, 0.15) is 0 Å². The predicted molar refractivity (Wildman–Crippen MR) is 120 cm³/mol. The summed E-state index contributed by atoms with van der Waals surface area (Å²) >= 11 is 3.95. The number of aromatic nitrogens is 2. The molecule has 4 nitrogen and oxygen atoms in total. The molecule has 1 amide bonds. The highest BCUT2D eigenvalue weighted by Gasteiger charge is 2.12. The summed E-state index contributed by atoms with van der Waals surface area (Å²) in [6.07, 6.45) is 9.14. The molecule has 1 N–H and O–H groups in total. The van der Waals surface area contributed by atoms with Crippen molar-refractivity contribution in [3.8, 4) is 0 Å². The summed E-state index contributed by atoms with van der Waals surface area (Å²) in [5.74, 6) is 1.05. The van der Waals surface area contributed by atoms with E-state index in [9.17, 15) is 4.79 Å². The van der Waals surface area contributed by atoms with Gasteiger partial charge >= 0.3 is 0 Å². The molecule has 1 aromatic carbocycles. The van der Waals surface area contributed by atoms with Crippen LogP contribution in [0.1, 0.15) is 28.7 Å². The van der Waals surface area contributed by atoms with E-state index in [2.05, 4.69) is 46.1 Å². The molecule has 0 bridgehead atoms. The lowest BCUT2D eigenvalue weighted by molar-refractivity contribution is -0.114. The van der Waals surface area contributed by atoms with Crippen LogP contribution in [0.5, 0.6) is 0 Å². The van der Waals surface area contributed by atoms with Crippen LogP contribution in [0.15, 0.2) is 55.1 Å². The number of hydrogen-bond acceptors (Lipinski definition) is 4. The first kappa shape index (κ1) is 20.7. The van der Waals surface area contributed by atoms with E-state index in [0.29, 0.717) is 5.25 Å². The maximum absolute atomic E-state index is 11.1. The topological polar surface area (TPSA) is 46.9 Å². The number of anilines is 1. The smallest absolute Gasteiger partial charge is 0.221 e. The Bertz CT molecular complexity index is 856. The maximum Gasteiger partial charge on any atom is 0.221 e. The number of thiophene rings is 1. The normalized spacial score (nSPS) is 12.1. The van der Waals surface area contributed by atoms with Crippen LogP contribution in [0.25, 0.3) is 0 Å². The molecule has 2 heterocycles. The van der Waals surface area contributed by atoms with Crippen LogP contribution >= 0.6 is 23.1 Å². The standard InChI is InChI=1S/C22H27N3OS2/c1-17-3-8-21(28-17)9-10-22(15-25-13-12-23-16-25)27-14-11-19-4-6-20(7-5-19)24-18(2)26/h3-8,12-13,16,22H,9-11,14-15H2,1-2H3,(H,24,26). The Hall–Kier alpha value is -2.05. The van der Waals surface area contributed by atoms with E-state index >= 15 is 0 Å². The molecule has 0 aliphatic heterocycles. The molecule has 0 saturated heterocycles. The number of rotatable bonds is 10. The Labute approximate surface area is 175 Å². The van der Waals surface area contributed by atoms with Crippen molar-refractivity contribution in [3.05, 3.63) is 70.4 Å². The van der Waals surface area contributed by atoms with Crippen molar-refractivity contribution in [2.24, 2.45) is 0 Å². The first-order valence-electron chi connectivity index (χ1n) is 9.57. The summed E-state index contributed by atoms with van der Waals surface area (Å²) in [5, 5.41) is 3.38. The second-order valence-corrected chi connectivity index (χ2v) is 9.71. The summed E-state index contributed by atoms with van der Waals surface area (Å²) in [7, 11) is 0. The van der Waals surface area contributed by atoms with Crippen LogP contribution in [0.4, 0.5) is 5.69 Å². The number of aryl methyl sites for hydroxylation is 3. The van der Waals surface area contributed by atoms with Gasteiger partial charge in [0, 0.05) is 46.6 Å². The summed E-state index contributed by atoms with van der Waals surface area (Å²) < 4.78 is 2.18. The number of amides is 1. The van der Waals surface area contributed by atoms with Gasteiger partial charge in [-0.3, -0.25) is 4.79 Å². The molecule has 3 aromatic rings. The monoisotopic (exact) mass is 413 g/mol. The summed E-state index contributed by atoms with van der Waals surface area (Å²) in [6.45, 7) is 4.70. The molecular weight excluding hydrogens is 386 g/mol. The van der Waals surface area contributed by atoms with Gasteiger partial charge < -0.3 is 9.88 Å². The van der Waals surface area contributed by atoms with Crippen LogP contribution in [0.2, 0.25) is 0 Å². The third-order valence-electron chi connectivity index (χ3n) is 4.50. The van der Waals surface area contributed by atoms with Crippen molar-refractivity contribution in [1.29, 1.82) is 0 Å². The number of hydrogen-bond donors (Lipinski definition) is 1. The Balaban J connectivity index is 1.50. The molecule has 0 radical (unpaired) electrons. The number of nitrogens with zero attached hydrogens (tertiary/aromatic N) is 2. The van der Waals surface area contributed by atoms with Crippen molar-refractivity contribution in [2.75, 3.05) is 11.1 Å². The first-order valence-corrected chi connectivity index (χ1v) is 11.4.